The van der Waals surface area contributed by atoms with Crippen LogP contribution in [0.3, 0.4) is 0 Å². The van der Waals surface area contributed by atoms with E-state index in [2.05, 4.69) is 68.5 Å². The molecular formula is C44H43N5O2. The summed E-state index contributed by atoms with van der Waals surface area (Å²) in [4.78, 5) is 39.2. The van der Waals surface area contributed by atoms with Crippen LogP contribution in [-0.4, -0.2) is 24.1 Å². The second-order valence-electron chi connectivity index (χ2n) is 14.2. The van der Waals surface area contributed by atoms with Gasteiger partial charge in [0, 0.05) is 48.8 Å². The summed E-state index contributed by atoms with van der Waals surface area (Å²) < 4.78 is 3.67. The normalized spacial score (nSPS) is 15.4. The van der Waals surface area contributed by atoms with E-state index >= 15 is 0 Å². The van der Waals surface area contributed by atoms with Gasteiger partial charge in [-0.25, -0.2) is 15.0 Å². The van der Waals surface area contributed by atoms with E-state index in [0.717, 1.165) is 83.8 Å². The van der Waals surface area contributed by atoms with E-state index in [1.165, 1.54) is 5.56 Å². The zero-order valence-corrected chi connectivity index (χ0v) is 29.0. The Balaban J connectivity index is 0.000000173. The summed E-state index contributed by atoms with van der Waals surface area (Å²) in [6, 6.07) is 25.1. The van der Waals surface area contributed by atoms with Crippen molar-refractivity contribution >= 4 is 21.8 Å². The Morgan fingerprint density at radius 2 is 1.39 bits per heavy atom. The Hall–Kier alpha value is -5.79. The van der Waals surface area contributed by atoms with Crippen molar-refractivity contribution in [3.05, 3.63) is 145 Å². The molecule has 1 unspecified atom stereocenters. The minimum Gasteiger partial charge on any atom is -0.296 e. The molecule has 0 bridgehead atoms. The molecule has 5 heterocycles. The largest absolute Gasteiger partial charge is 0.296 e. The first-order valence-electron chi connectivity index (χ1n) is 17.2. The zero-order chi connectivity index (χ0) is 34.8. The molecule has 0 spiro atoms. The number of hydrogen-bond donors (Lipinski definition) is 0. The van der Waals surface area contributed by atoms with Gasteiger partial charge in [0.05, 0.1) is 21.8 Å². The van der Waals surface area contributed by atoms with Crippen LogP contribution in [0.4, 0.5) is 0 Å². The first-order valence-corrected chi connectivity index (χ1v) is 17.2. The number of pyridine rings is 1. The summed E-state index contributed by atoms with van der Waals surface area (Å²) in [5.74, 6) is 14.9. The third-order valence-electron chi connectivity index (χ3n) is 9.43. The molecule has 256 valence electrons. The second-order valence-corrected chi connectivity index (χ2v) is 14.2. The van der Waals surface area contributed by atoms with Gasteiger partial charge in [-0.2, -0.15) is 0 Å². The van der Waals surface area contributed by atoms with Crippen LogP contribution in [0.2, 0.25) is 0 Å². The molecule has 0 saturated heterocycles. The van der Waals surface area contributed by atoms with E-state index in [0.29, 0.717) is 16.7 Å². The van der Waals surface area contributed by atoms with Crippen LogP contribution in [0.1, 0.15) is 80.6 Å². The van der Waals surface area contributed by atoms with E-state index in [4.69, 9.17) is 9.97 Å². The number of hydrogen-bond acceptors (Lipinski definition) is 5. The molecule has 3 aromatic carbocycles. The van der Waals surface area contributed by atoms with Crippen molar-refractivity contribution in [2.75, 3.05) is 0 Å². The summed E-state index contributed by atoms with van der Waals surface area (Å²) >= 11 is 0. The number of nitrogens with zero attached hydrogens (tertiary/aromatic N) is 5. The van der Waals surface area contributed by atoms with Crippen molar-refractivity contribution in [3.63, 3.8) is 0 Å². The van der Waals surface area contributed by atoms with Gasteiger partial charge in [0.2, 0.25) is 0 Å². The third-order valence-corrected chi connectivity index (χ3v) is 9.43. The van der Waals surface area contributed by atoms with E-state index in [9.17, 15) is 9.59 Å². The number of aromatic nitrogens is 5. The minimum absolute atomic E-state index is 0. The van der Waals surface area contributed by atoms with E-state index in [1.807, 2.05) is 75.9 Å². The van der Waals surface area contributed by atoms with E-state index in [1.54, 1.807) is 6.20 Å². The van der Waals surface area contributed by atoms with Crippen LogP contribution < -0.4 is 11.1 Å². The highest BCUT2D eigenvalue weighted by atomic mass is 16.1. The van der Waals surface area contributed by atoms with Gasteiger partial charge in [-0.15, -0.1) is 0 Å². The molecular weight excluding hydrogens is 631 g/mol. The quantitative estimate of drug-likeness (QED) is 0.156. The molecule has 0 aliphatic carbocycles. The molecule has 0 radical (unpaired) electrons. The summed E-state index contributed by atoms with van der Waals surface area (Å²) in [5.41, 5.74) is 6.38. The number of fused-ring (bicyclic) bond motifs is 4. The molecule has 0 saturated carbocycles. The molecule has 7 heteroatoms. The molecule has 6 aromatic rings. The van der Waals surface area contributed by atoms with Crippen molar-refractivity contribution in [1.82, 2.24) is 24.1 Å². The lowest BCUT2D eigenvalue weighted by Gasteiger charge is -2.31. The smallest absolute Gasteiger partial charge is 0.261 e. The molecule has 2 aliphatic heterocycles. The number of benzene rings is 3. The Kier molecular flexibility index (Phi) is 10.0. The van der Waals surface area contributed by atoms with Gasteiger partial charge in [-0.05, 0) is 103 Å². The Morgan fingerprint density at radius 1 is 0.745 bits per heavy atom. The van der Waals surface area contributed by atoms with Gasteiger partial charge in [0.1, 0.15) is 17.3 Å². The topological polar surface area (TPSA) is 82.7 Å². The van der Waals surface area contributed by atoms with E-state index < -0.39 is 0 Å². The predicted molar refractivity (Wildman–Crippen MR) is 206 cm³/mol. The highest BCUT2D eigenvalue weighted by Crippen LogP contribution is 2.29. The van der Waals surface area contributed by atoms with Crippen LogP contribution in [0.5, 0.6) is 0 Å². The van der Waals surface area contributed by atoms with Crippen LogP contribution >= 0.6 is 0 Å². The zero-order valence-electron chi connectivity index (χ0n) is 29.0. The summed E-state index contributed by atoms with van der Waals surface area (Å²) in [5, 5.41) is 1.34. The highest BCUT2D eigenvalue weighted by molar-refractivity contribution is 5.80. The van der Waals surface area contributed by atoms with Crippen LogP contribution in [0.15, 0.2) is 94.6 Å². The van der Waals surface area contributed by atoms with Crippen molar-refractivity contribution < 1.29 is 0 Å². The summed E-state index contributed by atoms with van der Waals surface area (Å²) in [6.45, 7) is 10.2. The van der Waals surface area contributed by atoms with Crippen LogP contribution in [0, 0.1) is 41.9 Å². The average Bonchev–Trinajstić information content (AvgIpc) is 3.11. The van der Waals surface area contributed by atoms with Crippen molar-refractivity contribution in [2.24, 2.45) is 11.3 Å². The van der Waals surface area contributed by atoms with Crippen molar-refractivity contribution in [1.29, 1.82) is 0 Å². The van der Waals surface area contributed by atoms with Gasteiger partial charge in [0.15, 0.2) is 0 Å². The Morgan fingerprint density at radius 3 is 2.06 bits per heavy atom. The van der Waals surface area contributed by atoms with Gasteiger partial charge in [0.25, 0.3) is 11.1 Å². The molecule has 3 aromatic heterocycles. The number of aryl methyl sites for hydroxylation is 2. The predicted octanol–water partition coefficient (Wildman–Crippen LogP) is 7.49. The molecule has 0 fully saturated rings. The molecule has 7 nitrogen and oxygen atoms in total. The summed E-state index contributed by atoms with van der Waals surface area (Å²) in [7, 11) is 0. The third kappa shape index (κ3) is 7.84. The maximum atomic E-state index is 12.9. The van der Waals surface area contributed by atoms with Crippen LogP contribution in [0.25, 0.3) is 21.8 Å². The fraction of sp³-hybridized carbons (Fsp3) is 0.295. The fourth-order valence-electron chi connectivity index (χ4n) is 6.59. The van der Waals surface area contributed by atoms with Gasteiger partial charge in [-0.3, -0.25) is 18.7 Å². The standard InChI is InChI=1S/C23H22N2O.C20H17N3O.CH4/c1-16-5-4-6-17(13-16)7-8-18-9-10-19-20(14-18)24-21-11-12-23(2,3)15-25(21)22(19)26;1-14-9-11-23-19(12-14)22-18-13-15(6-8-17(18)20(23)24)5-7-16-4-2-3-10-21-16;/h4-6,9-10,13-14H,11-12,15H2,1-3H3;2-4,6,8,10,13-14H,9,11-12H2,1H3;1H4. The molecule has 1 atom stereocenters. The average molecular weight is 674 g/mol. The molecule has 0 N–H and O–H groups in total. The SMILES string of the molecule is C.CC1CCn2c(nc3cc(C#Cc4ccccn4)ccc3c2=O)C1.Cc1cccc(C#Cc2ccc3c(=O)n4c(nc3c2)CCC(C)(C)C4)c1. The first-order chi connectivity index (χ1) is 24.1. The van der Waals surface area contributed by atoms with Gasteiger partial charge in [-0.1, -0.05) is 64.2 Å². The van der Waals surface area contributed by atoms with Gasteiger partial charge >= 0.3 is 0 Å². The Bertz CT molecular complexity index is 2510. The second kappa shape index (κ2) is 14.6. The number of rotatable bonds is 0. The monoisotopic (exact) mass is 673 g/mol. The van der Waals surface area contributed by atoms with E-state index in [-0.39, 0.29) is 24.0 Å². The fourth-order valence-corrected chi connectivity index (χ4v) is 6.59. The molecule has 2 aliphatic rings. The highest BCUT2D eigenvalue weighted by Gasteiger charge is 2.27. The maximum absolute atomic E-state index is 12.9. The van der Waals surface area contributed by atoms with Gasteiger partial charge < -0.3 is 0 Å². The lowest BCUT2D eigenvalue weighted by atomic mass is 9.85. The maximum Gasteiger partial charge on any atom is 0.261 e. The molecule has 0 amide bonds. The minimum atomic E-state index is 0. The van der Waals surface area contributed by atoms with Crippen LogP contribution in [-0.2, 0) is 25.9 Å². The Labute approximate surface area is 299 Å². The summed E-state index contributed by atoms with van der Waals surface area (Å²) in [6.07, 6.45) is 5.51. The van der Waals surface area contributed by atoms with Crippen molar-refractivity contribution in [2.45, 2.75) is 73.9 Å². The lowest BCUT2D eigenvalue weighted by molar-refractivity contribution is 0.240. The van der Waals surface area contributed by atoms with Crippen molar-refractivity contribution in [3.8, 4) is 23.7 Å². The molecule has 51 heavy (non-hydrogen) atoms. The molecule has 8 rings (SSSR count). The lowest BCUT2D eigenvalue weighted by Crippen LogP contribution is -2.36. The first kappa shape index (κ1) is 35.1.